The summed E-state index contributed by atoms with van der Waals surface area (Å²) in [6.07, 6.45) is 1.64. The third-order valence-corrected chi connectivity index (χ3v) is 1.37. The summed E-state index contributed by atoms with van der Waals surface area (Å²) < 4.78 is 1.62. The molecule has 0 aliphatic heterocycles. The molecular weight excluding hydrogens is 144 g/mol. The third kappa shape index (κ3) is 2.19. The van der Waals surface area contributed by atoms with E-state index in [0.717, 1.165) is 0 Å². The number of aliphatic hydroxyl groups excluding tert-OH is 1. The molecule has 1 aromatic rings. The van der Waals surface area contributed by atoms with Crippen LogP contribution in [0.1, 0.15) is 6.92 Å². The molecule has 0 bridgehead atoms. The molecule has 3 N–H and O–H groups in total. The van der Waals surface area contributed by atoms with E-state index in [2.05, 4.69) is 10.3 Å². The Bertz CT molecular complexity index is 222. The Hall–Kier alpha value is -1.10. The Labute approximate surface area is 64.8 Å². The van der Waals surface area contributed by atoms with Gasteiger partial charge in [0.1, 0.15) is 0 Å². The topological polar surface area (TPSA) is 77.0 Å². The average Bonchev–Trinajstić information content (AvgIpc) is 2.35. The van der Waals surface area contributed by atoms with Crippen molar-refractivity contribution in [3.63, 3.8) is 0 Å². The normalized spacial score (nSPS) is 13.3. The molecule has 0 fully saturated rings. The second-order valence-corrected chi connectivity index (χ2v) is 2.65. The lowest BCUT2D eigenvalue weighted by Crippen LogP contribution is -2.11. The third-order valence-electron chi connectivity index (χ3n) is 1.37. The molecule has 1 atom stereocenters. The van der Waals surface area contributed by atoms with Crippen LogP contribution in [0.3, 0.4) is 0 Å². The smallest absolute Gasteiger partial charge is 0.165 e. The van der Waals surface area contributed by atoms with Gasteiger partial charge in [0.2, 0.25) is 0 Å². The highest BCUT2D eigenvalue weighted by molar-refractivity contribution is 5.19. The monoisotopic (exact) mass is 156 g/mol. The van der Waals surface area contributed by atoms with Crippen LogP contribution in [0.5, 0.6) is 0 Å². The van der Waals surface area contributed by atoms with Gasteiger partial charge in [-0.15, -0.1) is 5.10 Å². The van der Waals surface area contributed by atoms with Gasteiger partial charge < -0.3 is 10.8 Å². The highest BCUT2D eigenvalue weighted by Crippen LogP contribution is 1.99. The number of aromatic nitrogens is 3. The molecule has 11 heavy (non-hydrogen) atoms. The molecule has 1 heterocycles. The van der Waals surface area contributed by atoms with Gasteiger partial charge >= 0.3 is 0 Å². The molecule has 62 valence electrons. The van der Waals surface area contributed by atoms with E-state index in [0.29, 0.717) is 12.4 Å². The number of nitrogens with zero attached hydrogens (tertiary/aromatic N) is 3. The minimum absolute atomic E-state index is 0.153. The lowest BCUT2D eigenvalue weighted by Gasteiger charge is -2.05. The number of anilines is 1. The van der Waals surface area contributed by atoms with E-state index in [1.165, 1.54) is 0 Å². The summed E-state index contributed by atoms with van der Waals surface area (Å²) in [7, 11) is 0. The largest absolute Gasteiger partial charge is 0.396 e. The van der Waals surface area contributed by atoms with E-state index < -0.39 is 0 Å². The first-order valence-corrected chi connectivity index (χ1v) is 3.49. The standard InChI is InChI=1S/C6H12N4O/c1-5(4-11)2-10-3-6(7)8-9-10/h3,5,11H,2,4,7H2,1H3. The van der Waals surface area contributed by atoms with Crippen molar-refractivity contribution in [2.75, 3.05) is 12.3 Å². The molecule has 0 amide bonds. The second kappa shape index (κ2) is 3.34. The van der Waals surface area contributed by atoms with E-state index in [-0.39, 0.29) is 12.5 Å². The second-order valence-electron chi connectivity index (χ2n) is 2.65. The molecule has 1 rings (SSSR count). The molecule has 0 aliphatic carbocycles. The first-order valence-electron chi connectivity index (χ1n) is 3.49. The first kappa shape index (κ1) is 8.00. The van der Waals surface area contributed by atoms with Crippen molar-refractivity contribution in [2.45, 2.75) is 13.5 Å². The van der Waals surface area contributed by atoms with Crippen LogP contribution >= 0.6 is 0 Å². The molecule has 1 aromatic heterocycles. The summed E-state index contributed by atoms with van der Waals surface area (Å²) in [6, 6.07) is 0. The Kier molecular flexibility index (Phi) is 2.43. The fourth-order valence-corrected chi connectivity index (χ4v) is 0.780. The molecule has 0 aliphatic rings. The zero-order valence-electron chi connectivity index (χ0n) is 6.44. The Morgan fingerprint density at radius 2 is 2.55 bits per heavy atom. The Morgan fingerprint density at radius 3 is 3.00 bits per heavy atom. The average molecular weight is 156 g/mol. The molecule has 0 saturated heterocycles. The maximum atomic E-state index is 8.71. The Morgan fingerprint density at radius 1 is 1.82 bits per heavy atom. The molecule has 1 unspecified atom stereocenters. The van der Waals surface area contributed by atoms with Gasteiger partial charge in [-0.05, 0) is 5.92 Å². The van der Waals surface area contributed by atoms with Crippen LogP contribution in [-0.4, -0.2) is 26.7 Å². The fourth-order valence-electron chi connectivity index (χ4n) is 0.780. The van der Waals surface area contributed by atoms with E-state index in [4.69, 9.17) is 10.8 Å². The van der Waals surface area contributed by atoms with Crippen molar-refractivity contribution < 1.29 is 5.11 Å². The van der Waals surface area contributed by atoms with Gasteiger partial charge in [-0.2, -0.15) is 0 Å². The minimum atomic E-state index is 0.153. The predicted octanol–water partition coefficient (Wildman–Crippen LogP) is -0.511. The molecule has 5 nitrogen and oxygen atoms in total. The molecule has 0 spiro atoms. The quantitative estimate of drug-likeness (QED) is 0.617. The zero-order chi connectivity index (χ0) is 8.27. The van der Waals surface area contributed by atoms with E-state index in [1.54, 1.807) is 10.9 Å². The van der Waals surface area contributed by atoms with Crippen molar-refractivity contribution in [1.82, 2.24) is 15.0 Å². The van der Waals surface area contributed by atoms with Gasteiger partial charge in [0.15, 0.2) is 5.82 Å². The van der Waals surface area contributed by atoms with Gasteiger partial charge in [0.25, 0.3) is 0 Å². The highest BCUT2D eigenvalue weighted by atomic mass is 16.3. The van der Waals surface area contributed by atoms with E-state index >= 15 is 0 Å². The summed E-state index contributed by atoms with van der Waals surface area (Å²) in [5.74, 6) is 0.603. The number of aliphatic hydroxyl groups is 1. The number of rotatable bonds is 3. The first-order chi connectivity index (χ1) is 5.22. The molecular formula is C6H12N4O. The number of hydrogen-bond donors (Lipinski definition) is 2. The number of nitrogen functional groups attached to an aromatic ring is 1. The van der Waals surface area contributed by atoms with Gasteiger partial charge in [0, 0.05) is 13.2 Å². The van der Waals surface area contributed by atoms with Gasteiger partial charge in [-0.25, -0.2) is 4.68 Å². The van der Waals surface area contributed by atoms with Crippen LogP contribution in [0.2, 0.25) is 0 Å². The van der Waals surface area contributed by atoms with Gasteiger partial charge in [-0.3, -0.25) is 0 Å². The van der Waals surface area contributed by atoms with Gasteiger partial charge in [-0.1, -0.05) is 12.1 Å². The lowest BCUT2D eigenvalue weighted by molar-refractivity contribution is 0.218. The van der Waals surface area contributed by atoms with E-state index in [9.17, 15) is 0 Å². The van der Waals surface area contributed by atoms with Crippen LogP contribution < -0.4 is 5.73 Å². The summed E-state index contributed by atoms with van der Waals surface area (Å²) in [5.41, 5.74) is 5.34. The maximum absolute atomic E-state index is 8.71. The van der Waals surface area contributed by atoms with Crippen LogP contribution in [0.15, 0.2) is 6.20 Å². The van der Waals surface area contributed by atoms with Gasteiger partial charge in [0.05, 0.1) is 6.20 Å². The Balaban J connectivity index is 2.50. The number of nitrogens with two attached hydrogens (primary N) is 1. The maximum Gasteiger partial charge on any atom is 0.165 e. The van der Waals surface area contributed by atoms with Crippen molar-refractivity contribution >= 4 is 5.82 Å². The highest BCUT2D eigenvalue weighted by Gasteiger charge is 2.02. The molecule has 0 aromatic carbocycles. The summed E-state index contributed by atoms with van der Waals surface area (Å²) in [5, 5.41) is 16.1. The van der Waals surface area contributed by atoms with Crippen LogP contribution in [-0.2, 0) is 6.54 Å². The molecule has 0 radical (unpaired) electrons. The fraction of sp³-hybridized carbons (Fsp3) is 0.667. The van der Waals surface area contributed by atoms with E-state index in [1.807, 2.05) is 6.92 Å². The molecule has 0 saturated carbocycles. The van der Waals surface area contributed by atoms with Crippen LogP contribution in [0, 0.1) is 5.92 Å². The van der Waals surface area contributed by atoms with Crippen LogP contribution in [0.4, 0.5) is 5.82 Å². The number of hydrogen-bond acceptors (Lipinski definition) is 4. The summed E-state index contributed by atoms with van der Waals surface area (Å²) in [4.78, 5) is 0. The summed E-state index contributed by atoms with van der Waals surface area (Å²) >= 11 is 0. The predicted molar refractivity (Wildman–Crippen MR) is 40.7 cm³/mol. The minimum Gasteiger partial charge on any atom is -0.396 e. The van der Waals surface area contributed by atoms with Crippen LogP contribution in [0.25, 0.3) is 0 Å². The lowest BCUT2D eigenvalue weighted by atomic mass is 10.2. The molecule has 5 heteroatoms. The van der Waals surface area contributed by atoms with Crippen molar-refractivity contribution in [2.24, 2.45) is 5.92 Å². The zero-order valence-corrected chi connectivity index (χ0v) is 6.44. The van der Waals surface area contributed by atoms with Crippen molar-refractivity contribution in [1.29, 1.82) is 0 Å². The SMILES string of the molecule is CC(CO)Cn1cc(N)nn1. The van der Waals surface area contributed by atoms with Crippen molar-refractivity contribution in [3.05, 3.63) is 6.20 Å². The van der Waals surface area contributed by atoms with Crippen molar-refractivity contribution in [3.8, 4) is 0 Å². The summed E-state index contributed by atoms with van der Waals surface area (Å²) in [6.45, 7) is 2.73.